The van der Waals surface area contributed by atoms with Crippen molar-refractivity contribution in [2.75, 3.05) is 6.61 Å². The van der Waals surface area contributed by atoms with E-state index >= 15 is 0 Å². The summed E-state index contributed by atoms with van der Waals surface area (Å²) in [5.41, 5.74) is 0.988. The first-order valence-electron chi connectivity index (χ1n) is 8.48. The molecule has 26 heavy (non-hydrogen) atoms. The number of aliphatic hydroxyl groups excluding tert-OH is 3. The third kappa shape index (κ3) is 2.58. The summed E-state index contributed by atoms with van der Waals surface area (Å²) in [6.45, 7) is 1.68. The van der Waals surface area contributed by atoms with E-state index in [0.717, 1.165) is 18.7 Å². The van der Waals surface area contributed by atoms with Gasteiger partial charge in [-0.25, -0.2) is 19.9 Å². The molecule has 0 aliphatic carbocycles. The lowest BCUT2D eigenvalue weighted by Gasteiger charge is -2.16. The summed E-state index contributed by atoms with van der Waals surface area (Å²) in [6, 6.07) is 0. The van der Waals surface area contributed by atoms with Crippen LogP contribution < -0.4 is 0 Å². The summed E-state index contributed by atoms with van der Waals surface area (Å²) >= 11 is 0. The van der Waals surface area contributed by atoms with E-state index in [-0.39, 0.29) is 0 Å². The minimum Gasteiger partial charge on any atom is -0.394 e. The Morgan fingerprint density at radius 1 is 1.15 bits per heavy atom. The maximum Gasteiger partial charge on any atom is 0.169 e. The predicted molar refractivity (Wildman–Crippen MR) is 89.4 cm³/mol. The number of nitrogens with zero attached hydrogens (tertiary/aromatic N) is 6. The van der Waals surface area contributed by atoms with E-state index in [9.17, 15) is 15.3 Å². The van der Waals surface area contributed by atoms with E-state index in [2.05, 4.69) is 26.9 Å². The molecule has 0 bridgehead atoms. The van der Waals surface area contributed by atoms with Gasteiger partial charge in [-0.2, -0.15) is 0 Å². The van der Waals surface area contributed by atoms with Gasteiger partial charge in [0.05, 0.1) is 12.9 Å². The van der Waals surface area contributed by atoms with Crippen LogP contribution in [0.25, 0.3) is 17.0 Å². The largest absolute Gasteiger partial charge is 0.394 e. The first-order valence-corrected chi connectivity index (χ1v) is 8.48. The van der Waals surface area contributed by atoms with Crippen LogP contribution in [0, 0.1) is 0 Å². The van der Waals surface area contributed by atoms with Gasteiger partial charge in [0.15, 0.2) is 23.2 Å². The lowest BCUT2D eigenvalue weighted by molar-refractivity contribution is -0.0511. The van der Waals surface area contributed by atoms with Crippen LogP contribution >= 0.6 is 0 Å². The Morgan fingerprint density at radius 3 is 2.73 bits per heavy atom. The average Bonchev–Trinajstić information content (AvgIpc) is 3.34. The minimum atomic E-state index is -1.20. The molecule has 0 unspecified atom stereocenters. The summed E-state index contributed by atoms with van der Waals surface area (Å²) < 4.78 is 8.98. The first-order chi connectivity index (χ1) is 12.7. The lowest BCUT2D eigenvalue weighted by Crippen LogP contribution is -2.33. The zero-order chi connectivity index (χ0) is 18.3. The molecule has 1 aliphatic heterocycles. The SMILES string of the molecule is CCCc1nccn1-c1ncnc2c1ncn2[C@@H]1O[C@H](CO)[C@@H](O)[C@@H]1O. The number of fused-ring (bicyclic) bond motifs is 1. The number of aromatic nitrogens is 6. The van der Waals surface area contributed by atoms with Crippen molar-refractivity contribution in [2.24, 2.45) is 0 Å². The minimum absolute atomic E-state index is 0.392. The summed E-state index contributed by atoms with van der Waals surface area (Å²) in [7, 11) is 0. The van der Waals surface area contributed by atoms with Crippen LogP contribution in [-0.2, 0) is 11.2 Å². The van der Waals surface area contributed by atoms with E-state index in [1.165, 1.54) is 12.7 Å². The highest BCUT2D eigenvalue weighted by Gasteiger charge is 2.44. The Labute approximate surface area is 148 Å². The maximum atomic E-state index is 10.3. The molecular weight excluding hydrogens is 340 g/mol. The van der Waals surface area contributed by atoms with Crippen molar-refractivity contribution < 1.29 is 20.1 Å². The van der Waals surface area contributed by atoms with Gasteiger partial charge in [-0.3, -0.25) is 9.13 Å². The van der Waals surface area contributed by atoms with Crippen LogP contribution in [0.4, 0.5) is 0 Å². The highest BCUT2D eigenvalue weighted by molar-refractivity contribution is 5.78. The topological polar surface area (TPSA) is 131 Å². The normalized spacial score (nSPS) is 26.0. The third-order valence-electron chi connectivity index (χ3n) is 4.55. The number of rotatable bonds is 5. The molecule has 4 atom stereocenters. The van der Waals surface area contributed by atoms with Crippen LogP contribution in [0.5, 0.6) is 0 Å². The number of ether oxygens (including phenoxy) is 1. The van der Waals surface area contributed by atoms with Gasteiger partial charge in [-0.15, -0.1) is 0 Å². The second-order valence-corrected chi connectivity index (χ2v) is 6.21. The molecule has 4 rings (SSSR count). The van der Waals surface area contributed by atoms with Crippen molar-refractivity contribution in [3.8, 4) is 5.82 Å². The molecule has 0 spiro atoms. The van der Waals surface area contributed by atoms with Crippen LogP contribution in [0.3, 0.4) is 0 Å². The Morgan fingerprint density at radius 2 is 2.00 bits per heavy atom. The summed E-state index contributed by atoms with van der Waals surface area (Å²) in [6.07, 6.45) is 4.02. The Balaban J connectivity index is 1.78. The second-order valence-electron chi connectivity index (χ2n) is 6.21. The van der Waals surface area contributed by atoms with Crippen LogP contribution in [0.15, 0.2) is 25.0 Å². The molecule has 3 N–H and O–H groups in total. The summed E-state index contributed by atoms with van der Waals surface area (Å²) in [5, 5.41) is 29.5. The number of hydrogen-bond donors (Lipinski definition) is 3. The van der Waals surface area contributed by atoms with Crippen molar-refractivity contribution in [1.82, 2.24) is 29.1 Å². The number of aryl methyl sites for hydroxylation is 1. The molecule has 4 heterocycles. The van der Waals surface area contributed by atoms with Gasteiger partial charge in [-0.1, -0.05) is 6.92 Å². The molecule has 10 nitrogen and oxygen atoms in total. The highest BCUT2D eigenvalue weighted by Crippen LogP contribution is 2.32. The van der Waals surface area contributed by atoms with Crippen molar-refractivity contribution in [3.05, 3.63) is 30.9 Å². The van der Waals surface area contributed by atoms with Gasteiger partial charge in [0.25, 0.3) is 0 Å². The van der Waals surface area contributed by atoms with E-state index < -0.39 is 31.1 Å². The maximum absolute atomic E-state index is 10.3. The molecule has 10 heteroatoms. The fourth-order valence-corrected chi connectivity index (χ4v) is 3.25. The molecule has 0 aromatic carbocycles. The molecule has 3 aromatic rings. The molecule has 138 valence electrons. The van der Waals surface area contributed by atoms with E-state index in [4.69, 9.17) is 4.74 Å². The van der Waals surface area contributed by atoms with Gasteiger partial charge < -0.3 is 20.1 Å². The standard InChI is InChI=1S/C16H20N6O4/c1-2-3-10-17-4-5-21(10)14-11-15(19-7-18-14)22(8-20-11)16-13(25)12(24)9(6-23)26-16/h4-5,7-9,12-13,16,23-25H,2-3,6H2,1H3/t9-,12-,13+,16-/m1/s1. The molecule has 1 saturated heterocycles. The molecule has 1 aliphatic rings. The number of imidazole rings is 2. The zero-order valence-corrected chi connectivity index (χ0v) is 14.2. The Kier molecular flexibility index (Phi) is 4.41. The smallest absolute Gasteiger partial charge is 0.169 e. The monoisotopic (exact) mass is 360 g/mol. The van der Waals surface area contributed by atoms with E-state index in [1.54, 1.807) is 10.8 Å². The molecular formula is C16H20N6O4. The van der Waals surface area contributed by atoms with Crippen LogP contribution in [0.1, 0.15) is 25.4 Å². The molecule has 1 fully saturated rings. The van der Waals surface area contributed by atoms with Gasteiger partial charge >= 0.3 is 0 Å². The van der Waals surface area contributed by atoms with E-state index in [0.29, 0.717) is 17.0 Å². The second kappa shape index (κ2) is 6.72. The molecule has 0 saturated carbocycles. The Bertz CT molecular complexity index is 909. The van der Waals surface area contributed by atoms with Gasteiger partial charge in [0.2, 0.25) is 0 Å². The van der Waals surface area contributed by atoms with Gasteiger partial charge in [-0.05, 0) is 6.42 Å². The van der Waals surface area contributed by atoms with Crippen LogP contribution in [-0.4, -0.2) is 69.3 Å². The predicted octanol–water partition coefficient (Wildman–Crippen LogP) is -0.424. The zero-order valence-electron chi connectivity index (χ0n) is 14.2. The quantitative estimate of drug-likeness (QED) is 0.559. The fraction of sp³-hybridized carbons (Fsp3) is 0.500. The van der Waals surface area contributed by atoms with Crippen molar-refractivity contribution >= 4 is 11.2 Å². The number of hydrogen-bond acceptors (Lipinski definition) is 8. The number of aliphatic hydroxyl groups is 3. The van der Waals surface area contributed by atoms with Crippen molar-refractivity contribution in [1.29, 1.82) is 0 Å². The summed E-state index contributed by atoms with van der Waals surface area (Å²) in [4.78, 5) is 17.3. The lowest BCUT2D eigenvalue weighted by atomic mass is 10.1. The van der Waals surface area contributed by atoms with Crippen LogP contribution in [0.2, 0.25) is 0 Å². The molecule has 0 radical (unpaired) electrons. The highest BCUT2D eigenvalue weighted by atomic mass is 16.6. The van der Waals surface area contributed by atoms with Gasteiger partial charge in [0.1, 0.15) is 30.5 Å². The van der Waals surface area contributed by atoms with Gasteiger partial charge in [0, 0.05) is 18.8 Å². The van der Waals surface area contributed by atoms with E-state index in [1.807, 2.05) is 10.8 Å². The van der Waals surface area contributed by atoms with Crippen molar-refractivity contribution in [3.63, 3.8) is 0 Å². The summed E-state index contributed by atoms with van der Waals surface area (Å²) in [5.74, 6) is 1.46. The Hall–Kier alpha value is -2.40. The fourth-order valence-electron chi connectivity index (χ4n) is 3.25. The first kappa shape index (κ1) is 17.0. The molecule has 0 amide bonds. The third-order valence-corrected chi connectivity index (χ3v) is 4.55. The van der Waals surface area contributed by atoms with Crippen molar-refractivity contribution in [2.45, 2.75) is 44.3 Å². The average molecular weight is 360 g/mol. The molecule has 3 aromatic heterocycles.